The number of carboxylic acids is 1. The summed E-state index contributed by atoms with van der Waals surface area (Å²) in [6, 6.07) is 12.8. The fourth-order valence-corrected chi connectivity index (χ4v) is 2.41. The highest BCUT2D eigenvalue weighted by Crippen LogP contribution is 2.22. The zero-order valence-corrected chi connectivity index (χ0v) is 12.9. The van der Waals surface area contributed by atoms with Gasteiger partial charge in [-0.2, -0.15) is 0 Å². The van der Waals surface area contributed by atoms with E-state index in [1.54, 1.807) is 42.5 Å². The molecule has 5 heteroatoms. The van der Waals surface area contributed by atoms with Crippen molar-refractivity contribution in [3.05, 3.63) is 69.7 Å². The van der Waals surface area contributed by atoms with Gasteiger partial charge in [-0.1, -0.05) is 42.5 Å². The number of benzene rings is 2. The number of carboxylic acid groups (broad SMARTS) is 1. The summed E-state index contributed by atoms with van der Waals surface area (Å²) in [4.78, 5) is 23.7. The number of hydrogen-bond acceptors (Lipinski definition) is 2. The molecule has 21 heavy (non-hydrogen) atoms. The van der Waals surface area contributed by atoms with Gasteiger partial charge in [-0.05, 0) is 40.0 Å². The van der Waals surface area contributed by atoms with E-state index in [0.717, 1.165) is 5.56 Å². The molecule has 2 N–H and O–H groups in total. The summed E-state index contributed by atoms with van der Waals surface area (Å²) < 4.78 is 0.666. The lowest BCUT2D eigenvalue weighted by molar-refractivity contribution is -0.139. The Bertz CT molecular complexity index is 670. The molecule has 0 aliphatic carbocycles. The molecule has 0 saturated heterocycles. The summed E-state index contributed by atoms with van der Waals surface area (Å²) in [7, 11) is 0. The van der Waals surface area contributed by atoms with Crippen LogP contribution in [0.5, 0.6) is 0 Å². The first-order chi connectivity index (χ1) is 10.0. The lowest BCUT2D eigenvalue weighted by Gasteiger charge is -2.16. The fraction of sp³-hybridized carbons (Fsp3) is 0.125. The second-order valence-corrected chi connectivity index (χ2v) is 5.38. The summed E-state index contributed by atoms with van der Waals surface area (Å²) >= 11 is 3.36. The van der Waals surface area contributed by atoms with Crippen LogP contribution in [-0.4, -0.2) is 17.0 Å². The normalized spacial score (nSPS) is 11.7. The molecule has 0 fully saturated rings. The third kappa shape index (κ3) is 3.49. The topological polar surface area (TPSA) is 66.4 Å². The molecule has 2 aromatic rings. The van der Waals surface area contributed by atoms with E-state index >= 15 is 0 Å². The summed E-state index contributed by atoms with van der Waals surface area (Å²) in [6.45, 7) is 1.87. The summed E-state index contributed by atoms with van der Waals surface area (Å²) in [5.41, 5.74) is 1.86. The number of aliphatic carboxylic acids is 1. The van der Waals surface area contributed by atoms with Gasteiger partial charge < -0.3 is 10.4 Å². The van der Waals surface area contributed by atoms with Crippen molar-refractivity contribution in [1.29, 1.82) is 0 Å². The first-order valence-corrected chi connectivity index (χ1v) is 7.13. The molecule has 0 aliphatic heterocycles. The molecule has 0 spiro atoms. The van der Waals surface area contributed by atoms with Crippen LogP contribution in [0.3, 0.4) is 0 Å². The van der Waals surface area contributed by atoms with Crippen LogP contribution >= 0.6 is 15.9 Å². The number of carbonyl (C=O) groups is 2. The van der Waals surface area contributed by atoms with Crippen LogP contribution in [0.15, 0.2) is 53.0 Å². The molecular weight excluding hydrogens is 334 g/mol. The maximum atomic E-state index is 12.3. The Kier molecular flexibility index (Phi) is 4.75. The molecule has 0 aromatic heterocycles. The number of nitrogens with one attached hydrogen (secondary N) is 1. The van der Waals surface area contributed by atoms with Gasteiger partial charge >= 0.3 is 5.97 Å². The predicted molar refractivity (Wildman–Crippen MR) is 83.2 cm³/mol. The van der Waals surface area contributed by atoms with Gasteiger partial charge in [0.1, 0.15) is 0 Å². The molecule has 0 heterocycles. The third-order valence-electron chi connectivity index (χ3n) is 3.09. The predicted octanol–water partition coefficient (Wildman–Crippen LogP) is 3.31. The van der Waals surface area contributed by atoms with E-state index in [1.807, 2.05) is 13.0 Å². The average Bonchev–Trinajstić information content (AvgIpc) is 2.48. The van der Waals surface area contributed by atoms with Crippen molar-refractivity contribution in [2.24, 2.45) is 0 Å². The summed E-state index contributed by atoms with van der Waals surface area (Å²) in [5.74, 6) is -1.53. The minimum atomic E-state index is -1.10. The van der Waals surface area contributed by atoms with Crippen molar-refractivity contribution < 1.29 is 14.7 Å². The molecule has 0 radical (unpaired) electrons. The molecule has 0 bridgehead atoms. The monoisotopic (exact) mass is 347 g/mol. The van der Waals surface area contributed by atoms with E-state index in [2.05, 4.69) is 21.2 Å². The minimum Gasteiger partial charge on any atom is -0.479 e. The molecule has 0 unspecified atom stereocenters. The van der Waals surface area contributed by atoms with E-state index in [4.69, 9.17) is 0 Å². The number of rotatable bonds is 4. The van der Waals surface area contributed by atoms with Gasteiger partial charge in [0.05, 0.1) is 5.56 Å². The second kappa shape index (κ2) is 6.54. The van der Waals surface area contributed by atoms with Gasteiger partial charge in [0.15, 0.2) is 6.04 Å². The first-order valence-electron chi connectivity index (χ1n) is 6.34. The van der Waals surface area contributed by atoms with Crippen molar-refractivity contribution in [1.82, 2.24) is 5.32 Å². The molecule has 0 saturated carbocycles. The molecule has 4 nitrogen and oxygen atoms in total. The fourth-order valence-electron chi connectivity index (χ4n) is 1.96. The molecular formula is C16H14BrNO3. The summed E-state index contributed by atoms with van der Waals surface area (Å²) in [6.07, 6.45) is 0. The molecule has 1 atom stereocenters. The van der Waals surface area contributed by atoms with E-state index in [0.29, 0.717) is 15.6 Å². The van der Waals surface area contributed by atoms with Crippen molar-refractivity contribution in [3.63, 3.8) is 0 Å². The molecule has 2 aromatic carbocycles. The zero-order chi connectivity index (χ0) is 15.4. The van der Waals surface area contributed by atoms with Gasteiger partial charge in [-0.3, -0.25) is 4.79 Å². The zero-order valence-electron chi connectivity index (χ0n) is 11.3. The highest BCUT2D eigenvalue weighted by atomic mass is 79.9. The number of hydrogen-bond donors (Lipinski definition) is 2. The maximum absolute atomic E-state index is 12.3. The third-order valence-corrected chi connectivity index (χ3v) is 4.14. The Morgan fingerprint density at radius 1 is 1.10 bits per heavy atom. The highest BCUT2D eigenvalue weighted by Gasteiger charge is 2.23. The smallest absolute Gasteiger partial charge is 0.330 e. The number of carbonyl (C=O) groups excluding carboxylic acids is 1. The van der Waals surface area contributed by atoms with Crippen LogP contribution < -0.4 is 5.32 Å². The first kappa shape index (κ1) is 15.3. The molecule has 0 aliphatic rings. The lowest BCUT2D eigenvalue weighted by Crippen LogP contribution is -2.34. The molecule has 2 rings (SSSR count). The SMILES string of the molecule is Cc1cccc(C(=O)N[C@@H](C(=O)O)c2ccccc2)c1Br. The van der Waals surface area contributed by atoms with E-state index < -0.39 is 17.9 Å². The van der Waals surface area contributed by atoms with Crippen LogP contribution in [0.2, 0.25) is 0 Å². The maximum Gasteiger partial charge on any atom is 0.330 e. The Morgan fingerprint density at radius 2 is 1.76 bits per heavy atom. The van der Waals surface area contributed by atoms with Gasteiger partial charge in [-0.15, -0.1) is 0 Å². The van der Waals surface area contributed by atoms with Crippen molar-refractivity contribution >= 4 is 27.8 Å². The summed E-state index contributed by atoms with van der Waals surface area (Å²) in [5, 5.41) is 11.9. The van der Waals surface area contributed by atoms with Gasteiger partial charge in [0.2, 0.25) is 0 Å². The van der Waals surface area contributed by atoms with E-state index in [1.165, 1.54) is 0 Å². The molecule has 1 amide bonds. The van der Waals surface area contributed by atoms with E-state index in [9.17, 15) is 14.7 Å². The van der Waals surface area contributed by atoms with Crippen molar-refractivity contribution in [3.8, 4) is 0 Å². The Hall–Kier alpha value is -2.14. The van der Waals surface area contributed by atoms with Gasteiger partial charge in [-0.25, -0.2) is 4.79 Å². The minimum absolute atomic E-state index is 0.414. The van der Waals surface area contributed by atoms with Crippen molar-refractivity contribution in [2.75, 3.05) is 0 Å². The van der Waals surface area contributed by atoms with Crippen LogP contribution in [0.1, 0.15) is 27.5 Å². The van der Waals surface area contributed by atoms with Crippen LogP contribution in [0, 0.1) is 6.92 Å². The van der Waals surface area contributed by atoms with Crippen LogP contribution in [0.25, 0.3) is 0 Å². The van der Waals surface area contributed by atoms with E-state index in [-0.39, 0.29) is 0 Å². The lowest BCUT2D eigenvalue weighted by atomic mass is 10.1. The molecule has 108 valence electrons. The van der Waals surface area contributed by atoms with Gasteiger partial charge in [0.25, 0.3) is 5.91 Å². The van der Waals surface area contributed by atoms with Crippen molar-refractivity contribution in [2.45, 2.75) is 13.0 Å². The average molecular weight is 348 g/mol. The highest BCUT2D eigenvalue weighted by molar-refractivity contribution is 9.10. The Balaban J connectivity index is 2.28. The van der Waals surface area contributed by atoms with Crippen LogP contribution in [-0.2, 0) is 4.79 Å². The standard InChI is InChI=1S/C16H14BrNO3/c1-10-6-5-9-12(13(10)17)15(19)18-14(16(20)21)11-7-3-2-4-8-11/h2-9,14H,1H3,(H,18,19)(H,20,21)/t14-/m1/s1. The van der Waals surface area contributed by atoms with Gasteiger partial charge in [0, 0.05) is 4.47 Å². The number of amides is 1. The number of aryl methyl sites for hydroxylation is 1. The quantitative estimate of drug-likeness (QED) is 0.891. The van der Waals surface area contributed by atoms with Crippen LogP contribution in [0.4, 0.5) is 0 Å². The second-order valence-electron chi connectivity index (χ2n) is 4.59. The number of halogens is 1. The largest absolute Gasteiger partial charge is 0.479 e. The Labute approximate surface area is 130 Å². The Morgan fingerprint density at radius 3 is 2.38 bits per heavy atom.